The predicted octanol–water partition coefficient (Wildman–Crippen LogP) is 1.20. The summed E-state index contributed by atoms with van der Waals surface area (Å²) in [4.78, 5) is 32.1. The van der Waals surface area contributed by atoms with Crippen molar-refractivity contribution in [3.05, 3.63) is 33.4 Å². The number of methoxy groups -OCH3 is 2. The van der Waals surface area contributed by atoms with Crippen molar-refractivity contribution in [2.45, 2.75) is 0 Å². The Hall–Kier alpha value is -2.44. The van der Waals surface area contributed by atoms with Gasteiger partial charge in [0.05, 0.1) is 19.1 Å². The van der Waals surface area contributed by atoms with Gasteiger partial charge < -0.3 is 9.47 Å². The molecule has 0 saturated heterocycles. The highest BCUT2D eigenvalue weighted by atomic mass is 16.6. The first kappa shape index (κ1) is 12.6. The van der Waals surface area contributed by atoms with Gasteiger partial charge in [0.25, 0.3) is 0 Å². The average molecular weight is 239 g/mol. The molecule has 0 N–H and O–H groups in total. The minimum absolute atomic E-state index is 0.0906. The van der Waals surface area contributed by atoms with Crippen LogP contribution >= 0.6 is 0 Å². The third-order valence-corrected chi connectivity index (χ3v) is 2.04. The Morgan fingerprint density at radius 3 is 2.47 bits per heavy atom. The zero-order chi connectivity index (χ0) is 13.0. The summed E-state index contributed by atoms with van der Waals surface area (Å²) in [6.07, 6.45) is 0.457. The fourth-order valence-electron chi connectivity index (χ4n) is 1.31. The Bertz CT molecular complexity index is 482. The fraction of sp³-hybridized carbons (Fsp3) is 0.200. The van der Waals surface area contributed by atoms with Crippen molar-refractivity contribution in [1.82, 2.24) is 0 Å². The van der Waals surface area contributed by atoms with Crippen LogP contribution in [0.25, 0.3) is 0 Å². The molecule has 0 radical (unpaired) electrons. The molecule has 0 spiro atoms. The predicted molar refractivity (Wildman–Crippen MR) is 56.4 cm³/mol. The first-order valence-corrected chi connectivity index (χ1v) is 4.45. The van der Waals surface area contributed by atoms with E-state index in [2.05, 4.69) is 4.74 Å². The molecule has 1 aromatic carbocycles. The second-order valence-electron chi connectivity index (χ2n) is 2.99. The lowest BCUT2D eigenvalue weighted by molar-refractivity contribution is -0.386. The topological polar surface area (TPSA) is 95.7 Å². The molecule has 0 saturated carbocycles. The number of aldehydes is 1. The molecule has 17 heavy (non-hydrogen) atoms. The summed E-state index contributed by atoms with van der Waals surface area (Å²) in [5, 5.41) is 10.9. The van der Waals surface area contributed by atoms with Crippen LogP contribution < -0.4 is 4.74 Å². The van der Waals surface area contributed by atoms with Crippen molar-refractivity contribution in [2.75, 3.05) is 14.2 Å². The molecule has 0 unspecified atom stereocenters. The Morgan fingerprint density at radius 1 is 1.41 bits per heavy atom. The summed E-state index contributed by atoms with van der Waals surface area (Å²) in [7, 11) is 2.30. The fourth-order valence-corrected chi connectivity index (χ4v) is 1.31. The van der Waals surface area contributed by atoms with Crippen LogP contribution in [0.5, 0.6) is 5.75 Å². The molecule has 0 aliphatic carbocycles. The number of nitro benzene ring substituents is 1. The van der Waals surface area contributed by atoms with Crippen molar-refractivity contribution < 1.29 is 24.0 Å². The molecule has 7 heteroatoms. The standard InChI is InChI=1S/C10H9NO6/c1-16-8-4-6(5-12)3-7(10(13)17-2)9(8)11(14)15/h3-5H,1-2H3. The third kappa shape index (κ3) is 2.39. The van der Waals surface area contributed by atoms with E-state index >= 15 is 0 Å². The van der Waals surface area contributed by atoms with E-state index in [1.807, 2.05) is 0 Å². The Labute approximate surface area is 96.1 Å². The van der Waals surface area contributed by atoms with Gasteiger partial charge in [-0.1, -0.05) is 0 Å². The molecule has 0 aromatic heterocycles. The van der Waals surface area contributed by atoms with E-state index < -0.39 is 16.6 Å². The molecule has 7 nitrogen and oxygen atoms in total. The number of ether oxygens (including phenoxy) is 2. The van der Waals surface area contributed by atoms with E-state index in [1.165, 1.54) is 13.2 Å². The largest absolute Gasteiger partial charge is 0.490 e. The first-order chi connectivity index (χ1) is 8.04. The number of carbonyl (C=O) groups is 2. The van der Waals surface area contributed by atoms with Gasteiger partial charge in [-0.25, -0.2) is 4.79 Å². The highest BCUT2D eigenvalue weighted by molar-refractivity contribution is 5.97. The lowest BCUT2D eigenvalue weighted by Crippen LogP contribution is -2.08. The van der Waals surface area contributed by atoms with Crippen LogP contribution in [0.15, 0.2) is 12.1 Å². The van der Waals surface area contributed by atoms with Gasteiger partial charge in [-0.2, -0.15) is 0 Å². The maximum Gasteiger partial charge on any atom is 0.345 e. The number of hydrogen-bond donors (Lipinski definition) is 0. The molecule has 0 fully saturated rings. The number of nitrogens with zero attached hydrogens (tertiary/aromatic N) is 1. The van der Waals surface area contributed by atoms with Crippen LogP contribution in [-0.4, -0.2) is 31.4 Å². The summed E-state index contributed by atoms with van der Waals surface area (Å²) in [5.74, 6) is -1.07. The SMILES string of the molecule is COC(=O)c1cc(C=O)cc(OC)c1[N+](=O)[O-]. The van der Waals surface area contributed by atoms with Crippen molar-refractivity contribution in [2.24, 2.45) is 0 Å². The zero-order valence-electron chi connectivity index (χ0n) is 9.13. The summed E-state index contributed by atoms with van der Waals surface area (Å²) in [6.45, 7) is 0. The lowest BCUT2D eigenvalue weighted by atomic mass is 10.1. The summed E-state index contributed by atoms with van der Waals surface area (Å²) in [6, 6.07) is 2.26. The van der Waals surface area contributed by atoms with E-state index in [0.29, 0.717) is 6.29 Å². The molecule has 90 valence electrons. The Balaban J connectivity index is 3.57. The molecule has 0 aliphatic rings. The number of rotatable bonds is 4. The van der Waals surface area contributed by atoms with Gasteiger partial charge in [0.1, 0.15) is 11.8 Å². The minimum atomic E-state index is -0.904. The van der Waals surface area contributed by atoms with Crippen LogP contribution in [-0.2, 0) is 4.74 Å². The molecule has 1 rings (SSSR count). The Kier molecular flexibility index (Phi) is 3.76. The zero-order valence-corrected chi connectivity index (χ0v) is 9.13. The van der Waals surface area contributed by atoms with Gasteiger partial charge in [-0.05, 0) is 12.1 Å². The van der Waals surface area contributed by atoms with Crippen molar-refractivity contribution in [1.29, 1.82) is 0 Å². The molecule has 0 bridgehead atoms. The summed E-state index contributed by atoms with van der Waals surface area (Å²) in [5.41, 5.74) is -0.753. The maximum absolute atomic E-state index is 11.4. The van der Waals surface area contributed by atoms with Crippen LogP contribution in [0.4, 0.5) is 5.69 Å². The van der Waals surface area contributed by atoms with Crippen molar-refractivity contribution in [3.63, 3.8) is 0 Å². The molecule has 1 aromatic rings. The maximum atomic E-state index is 11.4. The summed E-state index contributed by atoms with van der Waals surface area (Å²) < 4.78 is 9.19. The van der Waals surface area contributed by atoms with Crippen LogP contribution in [0, 0.1) is 10.1 Å². The van der Waals surface area contributed by atoms with E-state index in [9.17, 15) is 19.7 Å². The van der Waals surface area contributed by atoms with Crippen molar-refractivity contribution in [3.8, 4) is 5.75 Å². The average Bonchev–Trinajstić information content (AvgIpc) is 2.35. The third-order valence-electron chi connectivity index (χ3n) is 2.04. The number of benzene rings is 1. The molecule has 0 amide bonds. The molecular formula is C10H9NO6. The quantitative estimate of drug-likeness (QED) is 0.339. The molecule has 0 aliphatic heterocycles. The highest BCUT2D eigenvalue weighted by Crippen LogP contribution is 2.32. The minimum Gasteiger partial charge on any atom is -0.490 e. The monoisotopic (exact) mass is 239 g/mol. The van der Waals surface area contributed by atoms with E-state index in [0.717, 1.165) is 13.2 Å². The van der Waals surface area contributed by atoms with Gasteiger partial charge in [0.15, 0.2) is 5.75 Å². The second-order valence-corrected chi connectivity index (χ2v) is 2.99. The van der Waals surface area contributed by atoms with Gasteiger partial charge in [-0.15, -0.1) is 0 Å². The van der Waals surface area contributed by atoms with Crippen molar-refractivity contribution >= 4 is 17.9 Å². The van der Waals surface area contributed by atoms with Crippen LogP contribution in [0.1, 0.15) is 20.7 Å². The van der Waals surface area contributed by atoms with Crippen LogP contribution in [0.2, 0.25) is 0 Å². The number of nitro groups is 1. The van der Waals surface area contributed by atoms with Gasteiger partial charge in [0.2, 0.25) is 0 Å². The number of carbonyl (C=O) groups excluding carboxylic acids is 2. The molecule has 0 heterocycles. The van der Waals surface area contributed by atoms with E-state index in [-0.39, 0.29) is 16.9 Å². The summed E-state index contributed by atoms with van der Waals surface area (Å²) >= 11 is 0. The van der Waals surface area contributed by atoms with E-state index in [4.69, 9.17) is 4.74 Å². The lowest BCUT2D eigenvalue weighted by Gasteiger charge is -2.06. The normalized spacial score (nSPS) is 9.53. The van der Waals surface area contributed by atoms with E-state index in [1.54, 1.807) is 0 Å². The van der Waals surface area contributed by atoms with Gasteiger partial charge in [0, 0.05) is 5.56 Å². The Morgan fingerprint density at radius 2 is 2.06 bits per heavy atom. The highest BCUT2D eigenvalue weighted by Gasteiger charge is 2.27. The smallest absolute Gasteiger partial charge is 0.345 e. The van der Waals surface area contributed by atoms with Crippen LogP contribution in [0.3, 0.4) is 0 Å². The molecule has 0 atom stereocenters. The second kappa shape index (κ2) is 5.06. The first-order valence-electron chi connectivity index (χ1n) is 4.45. The van der Waals surface area contributed by atoms with Gasteiger partial charge >= 0.3 is 11.7 Å². The molecular weight excluding hydrogens is 230 g/mol. The van der Waals surface area contributed by atoms with Gasteiger partial charge in [-0.3, -0.25) is 14.9 Å². The number of esters is 1. The number of hydrogen-bond acceptors (Lipinski definition) is 6.